The molecule has 0 aromatic rings. The second-order valence-electron chi connectivity index (χ2n) is 7.55. The molecule has 3 N–H and O–H groups in total. The van der Waals surface area contributed by atoms with Crippen molar-refractivity contribution in [2.24, 2.45) is 5.41 Å². The van der Waals surface area contributed by atoms with Crippen LogP contribution in [0.2, 0.25) is 0 Å². The summed E-state index contributed by atoms with van der Waals surface area (Å²) in [5.41, 5.74) is 0.539. The summed E-state index contributed by atoms with van der Waals surface area (Å²) in [6.07, 6.45) is 20.4. The summed E-state index contributed by atoms with van der Waals surface area (Å²) < 4.78 is 0. The van der Waals surface area contributed by atoms with Crippen LogP contribution in [0.5, 0.6) is 0 Å². The largest absolute Gasteiger partial charge is 0.344 e. The van der Waals surface area contributed by atoms with Gasteiger partial charge in [-0.15, -0.1) is 0 Å². The topological polar surface area (TPSA) is 35.0 Å². The van der Waals surface area contributed by atoms with Crippen LogP contribution in [0.25, 0.3) is 0 Å². The minimum atomic E-state index is 0. The van der Waals surface area contributed by atoms with Gasteiger partial charge in [0.05, 0.1) is 0 Å². The van der Waals surface area contributed by atoms with E-state index in [1.807, 2.05) is 0 Å². The van der Waals surface area contributed by atoms with Crippen molar-refractivity contribution < 1.29 is 0 Å². The summed E-state index contributed by atoms with van der Waals surface area (Å²) >= 11 is 0. The predicted octanol–water partition coefficient (Wildman–Crippen LogP) is 7.68. The van der Waals surface area contributed by atoms with Gasteiger partial charge in [0.25, 0.3) is 0 Å². The first-order valence-corrected chi connectivity index (χ1v) is 9.06. The van der Waals surface area contributed by atoms with Gasteiger partial charge in [-0.3, -0.25) is 0 Å². The molecule has 0 aliphatic rings. The Balaban J connectivity index is 0. The highest BCUT2D eigenvalue weighted by Gasteiger charge is 2.08. The molecule has 0 aliphatic carbocycles. The van der Waals surface area contributed by atoms with Crippen molar-refractivity contribution in [1.82, 2.24) is 6.15 Å². The van der Waals surface area contributed by atoms with E-state index in [0.717, 1.165) is 0 Å². The lowest BCUT2D eigenvalue weighted by Gasteiger charge is -2.17. The van der Waals surface area contributed by atoms with Crippen LogP contribution in [0.3, 0.4) is 0 Å². The second-order valence-corrected chi connectivity index (χ2v) is 7.55. The molecule has 0 rings (SSSR count). The fourth-order valence-electron chi connectivity index (χ4n) is 2.67. The zero-order valence-electron chi connectivity index (χ0n) is 15.1. The summed E-state index contributed by atoms with van der Waals surface area (Å²) in [6.45, 7) is 9.36. The van der Waals surface area contributed by atoms with Crippen molar-refractivity contribution in [3.63, 3.8) is 0 Å². The monoisotopic (exact) mass is 285 g/mol. The van der Waals surface area contributed by atoms with E-state index < -0.39 is 0 Å². The van der Waals surface area contributed by atoms with E-state index in [1.165, 1.54) is 89.9 Å². The van der Waals surface area contributed by atoms with E-state index in [1.54, 1.807) is 0 Å². The van der Waals surface area contributed by atoms with E-state index >= 15 is 0 Å². The molecule has 0 fully saturated rings. The molecule has 1 nitrogen and oxygen atoms in total. The highest BCUT2D eigenvalue weighted by Crippen LogP contribution is 2.22. The number of hydrogen-bond donors (Lipinski definition) is 1. The van der Waals surface area contributed by atoms with Crippen LogP contribution in [0.4, 0.5) is 0 Å². The zero-order chi connectivity index (χ0) is 14.4. The number of unbranched alkanes of at least 4 members (excludes halogenated alkanes) is 12. The third kappa shape index (κ3) is 20.3. The van der Waals surface area contributed by atoms with Crippen LogP contribution >= 0.6 is 0 Å². The summed E-state index contributed by atoms with van der Waals surface area (Å²) in [7, 11) is 0. The van der Waals surface area contributed by atoms with Gasteiger partial charge in [-0.2, -0.15) is 0 Å². The van der Waals surface area contributed by atoms with Crippen LogP contribution in [0.15, 0.2) is 0 Å². The molecule has 0 aromatic heterocycles. The molecule has 20 heavy (non-hydrogen) atoms. The molecule has 0 saturated heterocycles. The Labute approximate surface area is 129 Å². The Morgan fingerprint density at radius 1 is 0.500 bits per heavy atom. The minimum absolute atomic E-state index is 0. The third-order valence-corrected chi connectivity index (χ3v) is 4.03. The predicted molar refractivity (Wildman–Crippen MR) is 94.8 cm³/mol. The lowest BCUT2D eigenvalue weighted by atomic mass is 9.89. The van der Waals surface area contributed by atoms with Gasteiger partial charge in [-0.05, 0) is 11.8 Å². The number of hydrogen-bond acceptors (Lipinski definition) is 1. The number of rotatable bonds is 13. The summed E-state index contributed by atoms with van der Waals surface area (Å²) in [6, 6.07) is 0. The van der Waals surface area contributed by atoms with Gasteiger partial charge in [0.15, 0.2) is 0 Å². The Morgan fingerprint density at radius 3 is 1.10 bits per heavy atom. The lowest BCUT2D eigenvalue weighted by Crippen LogP contribution is -2.03. The molecule has 0 saturated carbocycles. The molecule has 0 spiro atoms. The maximum absolute atomic E-state index is 2.35. The first-order chi connectivity index (χ1) is 9.06. The first kappa shape index (κ1) is 22.2. The highest BCUT2D eigenvalue weighted by molar-refractivity contribution is 4.61. The Kier molecular flexibility index (Phi) is 17.1. The maximum atomic E-state index is 2.35. The van der Waals surface area contributed by atoms with Crippen molar-refractivity contribution >= 4 is 0 Å². The maximum Gasteiger partial charge on any atom is -0.0383 e. The standard InChI is InChI=1S/C19H40.H3N/c1-5-6-7-8-9-10-11-12-13-14-15-16-17-18-19(2,3)4;/h5-18H2,1-4H3;1H3. The second kappa shape index (κ2) is 15.4. The van der Waals surface area contributed by atoms with E-state index in [9.17, 15) is 0 Å². The van der Waals surface area contributed by atoms with Gasteiger partial charge in [0.1, 0.15) is 0 Å². The first-order valence-electron chi connectivity index (χ1n) is 9.06. The van der Waals surface area contributed by atoms with Crippen LogP contribution in [-0.4, -0.2) is 0 Å². The van der Waals surface area contributed by atoms with Gasteiger partial charge in [-0.25, -0.2) is 0 Å². The van der Waals surface area contributed by atoms with Crippen molar-refractivity contribution in [2.75, 3.05) is 0 Å². The van der Waals surface area contributed by atoms with Gasteiger partial charge in [-0.1, -0.05) is 111 Å². The van der Waals surface area contributed by atoms with E-state index in [4.69, 9.17) is 0 Å². The van der Waals surface area contributed by atoms with Crippen LogP contribution in [-0.2, 0) is 0 Å². The molecule has 0 radical (unpaired) electrons. The molecule has 0 unspecified atom stereocenters. The molecule has 124 valence electrons. The lowest BCUT2D eigenvalue weighted by molar-refractivity contribution is 0.356. The average Bonchev–Trinajstić information content (AvgIpc) is 2.34. The van der Waals surface area contributed by atoms with Crippen LogP contribution in [0, 0.1) is 5.41 Å². The Morgan fingerprint density at radius 2 is 0.800 bits per heavy atom. The Bertz CT molecular complexity index is 169. The van der Waals surface area contributed by atoms with Crippen molar-refractivity contribution in [2.45, 2.75) is 118 Å². The van der Waals surface area contributed by atoms with Crippen LogP contribution < -0.4 is 6.15 Å². The van der Waals surface area contributed by atoms with Crippen LogP contribution in [0.1, 0.15) is 118 Å². The summed E-state index contributed by atoms with van der Waals surface area (Å²) in [5.74, 6) is 0. The van der Waals surface area contributed by atoms with E-state index in [2.05, 4.69) is 27.7 Å². The Hall–Kier alpha value is -0.0400. The molecular weight excluding hydrogens is 242 g/mol. The van der Waals surface area contributed by atoms with Gasteiger partial charge in [0.2, 0.25) is 0 Å². The molecule has 0 aliphatic heterocycles. The zero-order valence-corrected chi connectivity index (χ0v) is 15.1. The van der Waals surface area contributed by atoms with Crippen molar-refractivity contribution in [3.8, 4) is 0 Å². The highest BCUT2D eigenvalue weighted by atomic mass is 14.1. The smallest absolute Gasteiger partial charge is 0.0383 e. The van der Waals surface area contributed by atoms with Gasteiger partial charge in [0, 0.05) is 0 Å². The van der Waals surface area contributed by atoms with Crippen molar-refractivity contribution in [3.05, 3.63) is 0 Å². The third-order valence-electron chi connectivity index (χ3n) is 4.03. The minimum Gasteiger partial charge on any atom is -0.344 e. The fraction of sp³-hybridized carbons (Fsp3) is 1.00. The van der Waals surface area contributed by atoms with Gasteiger partial charge < -0.3 is 6.15 Å². The van der Waals surface area contributed by atoms with Crippen molar-refractivity contribution in [1.29, 1.82) is 0 Å². The normalized spacial score (nSPS) is 11.4. The summed E-state index contributed by atoms with van der Waals surface area (Å²) in [5, 5.41) is 0. The molecular formula is C19H43N. The quantitative estimate of drug-likeness (QED) is 0.346. The van der Waals surface area contributed by atoms with Gasteiger partial charge >= 0.3 is 0 Å². The molecule has 0 atom stereocenters. The summed E-state index contributed by atoms with van der Waals surface area (Å²) in [4.78, 5) is 0. The molecule has 0 aromatic carbocycles. The van der Waals surface area contributed by atoms with E-state index in [-0.39, 0.29) is 6.15 Å². The molecule has 0 bridgehead atoms. The average molecular weight is 286 g/mol. The molecule has 1 heteroatoms. The van der Waals surface area contributed by atoms with E-state index in [0.29, 0.717) is 5.41 Å². The SMILES string of the molecule is CCCCCCCCCCCCCCCC(C)(C)C.N. The molecule has 0 amide bonds. The fourth-order valence-corrected chi connectivity index (χ4v) is 2.67. The molecule has 0 heterocycles.